The van der Waals surface area contributed by atoms with Crippen LogP contribution in [-0.4, -0.2) is 34.6 Å². The molecule has 3 rings (SSSR count). The summed E-state index contributed by atoms with van der Waals surface area (Å²) >= 11 is 6.10. The molecule has 1 amide bonds. The maximum Gasteiger partial charge on any atom is 0.326 e. The number of halogens is 1. The molecule has 146 valence electrons. The smallest absolute Gasteiger partial charge is 0.326 e. The maximum absolute atomic E-state index is 12.2. The van der Waals surface area contributed by atoms with Gasteiger partial charge in [-0.2, -0.15) is 0 Å². The lowest BCUT2D eigenvalue weighted by Crippen LogP contribution is -2.28. The third-order valence-corrected chi connectivity index (χ3v) is 4.67. The lowest BCUT2D eigenvalue weighted by atomic mass is 10.1. The molecule has 0 bridgehead atoms. The summed E-state index contributed by atoms with van der Waals surface area (Å²) in [4.78, 5) is 28.8. The average Bonchev–Trinajstić information content (AvgIpc) is 3.01. The quantitative estimate of drug-likeness (QED) is 0.590. The Morgan fingerprint density at radius 1 is 1.14 bits per heavy atom. The Morgan fingerprint density at radius 2 is 1.89 bits per heavy atom. The summed E-state index contributed by atoms with van der Waals surface area (Å²) < 4.78 is 6.91. The number of fused-ring (bicyclic) bond motifs is 1. The molecule has 1 N–H and O–H groups in total. The molecule has 0 aliphatic heterocycles. The van der Waals surface area contributed by atoms with Gasteiger partial charge < -0.3 is 14.6 Å². The fraction of sp³-hybridized carbons (Fsp3) is 0.286. The van der Waals surface area contributed by atoms with Crippen molar-refractivity contribution in [2.75, 3.05) is 13.2 Å². The second-order valence-corrected chi connectivity index (χ2v) is 6.68. The molecule has 7 heteroatoms. The monoisotopic (exact) mass is 399 g/mol. The molecule has 0 fully saturated rings. The molecule has 2 aromatic carbocycles. The average molecular weight is 400 g/mol. The fourth-order valence-electron chi connectivity index (χ4n) is 3.02. The second kappa shape index (κ2) is 9.37. The highest BCUT2D eigenvalue weighted by molar-refractivity contribution is 6.31. The number of carbonyl (C=O) groups is 2. The summed E-state index contributed by atoms with van der Waals surface area (Å²) in [7, 11) is 0. The number of esters is 1. The van der Waals surface area contributed by atoms with Crippen molar-refractivity contribution in [3.63, 3.8) is 0 Å². The number of rotatable bonds is 8. The van der Waals surface area contributed by atoms with Crippen LogP contribution in [0.4, 0.5) is 0 Å². The molecule has 0 radical (unpaired) electrons. The van der Waals surface area contributed by atoms with Crippen LogP contribution >= 0.6 is 11.6 Å². The maximum atomic E-state index is 12.2. The number of imidazole rings is 1. The molecule has 0 aliphatic rings. The zero-order valence-electron chi connectivity index (χ0n) is 15.7. The molecule has 1 heterocycles. The molecule has 3 aromatic rings. The summed E-state index contributed by atoms with van der Waals surface area (Å²) in [6.45, 7) is 2.62. The van der Waals surface area contributed by atoms with Crippen molar-refractivity contribution >= 4 is 34.5 Å². The Balaban J connectivity index is 1.65. The van der Waals surface area contributed by atoms with Crippen molar-refractivity contribution in [1.29, 1.82) is 0 Å². The van der Waals surface area contributed by atoms with E-state index in [1.54, 1.807) is 13.0 Å². The molecular weight excluding hydrogens is 378 g/mol. The highest BCUT2D eigenvalue weighted by atomic mass is 35.5. The lowest BCUT2D eigenvalue weighted by molar-refractivity contribution is -0.143. The minimum Gasteiger partial charge on any atom is -0.465 e. The Bertz CT molecular complexity index is 984. The van der Waals surface area contributed by atoms with E-state index in [2.05, 4.69) is 10.3 Å². The van der Waals surface area contributed by atoms with Crippen molar-refractivity contribution in [3.05, 3.63) is 64.9 Å². The van der Waals surface area contributed by atoms with E-state index < -0.39 is 0 Å². The van der Waals surface area contributed by atoms with Gasteiger partial charge in [0.05, 0.1) is 24.1 Å². The first-order valence-corrected chi connectivity index (χ1v) is 9.56. The van der Waals surface area contributed by atoms with E-state index in [1.807, 2.05) is 47.0 Å². The zero-order valence-corrected chi connectivity index (χ0v) is 16.4. The van der Waals surface area contributed by atoms with Crippen LogP contribution in [0.25, 0.3) is 11.0 Å². The first-order chi connectivity index (χ1) is 13.6. The van der Waals surface area contributed by atoms with Crippen molar-refractivity contribution in [2.24, 2.45) is 0 Å². The van der Waals surface area contributed by atoms with E-state index in [0.717, 1.165) is 22.4 Å². The van der Waals surface area contributed by atoms with Crippen LogP contribution < -0.4 is 5.32 Å². The normalized spacial score (nSPS) is 10.8. The predicted octanol–water partition coefficient (Wildman–Crippen LogP) is 3.15. The molecule has 1 aromatic heterocycles. The first-order valence-electron chi connectivity index (χ1n) is 9.18. The number of amides is 1. The van der Waals surface area contributed by atoms with Crippen LogP contribution in [-0.2, 0) is 33.7 Å². The van der Waals surface area contributed by atoms with Crippen LogP contribution in [0.3, 0.4) is 0 Å². The van der Waals surface area contributed by atoms with E-state index >= 15 is 0 Å². The SMILES string of the molecule is CCOC(=O)Cn1c(CCNC(=O)Cc2ccccc2Cl)nc2ccccc21. The van der Waals surface area contributed by atoms with Crippen LogP contribution in [0.15, 0.2) is 48.5 Å². The second-order valence-electron chi connectivity index (χ2n) is 6.28. The molecule has 0 spiro atoms. The Morgan fingerprint density at radius 3 is 2.68 bits per heavy atom. The van der Waals surface area contributed by atoms with Gasteiger partial charge in [0.1, 0.15) is 12.4 Å². The highest BCUT2D eigenvalue weighted by Gasteiger charge is 2.14. The number of hydrogen-bond donors (Lipinski definition) is 1. The Hall–Kier alpha value is -2.86. The Kier molecular flexibility index (Phi) is 6.66. The predicted molar refractivity (Wildman–Crippen MR) is 108 cm³/mol. The van der Waals surface area contributed by atoms with E-state index in [0.29, 0.717) is 24.6 Å². The number of carbonyl (C=O) groups excluding carboxylic acids is 2. The third kappa shape index (κ3) is 4.89. The number of aromatic nitrogens is 2. The number of para-hydroxylation sites is 2. The largest absolute Gasteiger partial charge is 0.465 e. The van der Waals surface area contributed by atoms with Crippen molar-refractivity contribution in [3.8, 4) is 0 Å². The fourth-order valence-corrected chi connectivity index (χ4v) is 3.22. The number of nitrogens with one attached hydrogen (secondary N) is 1. The van der Waals surface area contributed by atoms with Crippen LogP contribution in [0.2, 0.25) is 5.02 Å². The number of benzene rings is 2. The van der Waals surface area contributed by atoms with Gasteiger partial charge in [-0.1, -0.05) is 41.9 Å². The standard InChI is InChI=1S/C21H22ClN3O3/c1-2-28-21(27)14-25-18-10-6-5-9-17(18)24-19(25)11-12-23-20(26)13-15-7-3-4-8-16(15)22/h3-10H,2,11-14H2,1H3,(H,23,26). The van der Waals surface area contributed by atoms with Crippen LogP contribution in [0.5, 0.6) is 0 Å². The minimum absolute atomic E-state index is 0.0945. The van der Waals surface area contributed by atoms with Crippen LogP contribution in [0.1, 0.15) is 18.3 Å². The van der Waals surface area contributed by atoms with Gasteiger partial charge in [-0.05, 0) is 30.7 Å². The van der Waals surface area contributed by atoms with Crippen LogP contribution in [0, 0.1) is 0 Å². The molecular formula is C21H22ClN3O3. The molecule has 0 saturated heterocycles. The summed E-state index contributed by atoms with van der Waals surface area (Å²) in [5.41, 5.74) is 2.47. The molecule has 0 saturated carbocycles. The summed E-state index contributed by atoms with van der Waals surface area (Å²) in [6, 6.07) is 14.9. The van der Waals surface area contributed by atoms with Gasteiger partial charge in [-0.25, -0.2) is 4.98 Å². The van der Waals surface area contributed by atoms with Gasteiger partial charge in [0.2, 0.25) is 5.91 Å². The number of hydrogen-bond acceptors (Lipinski definition) is 4. The molecule has 0 atom stereocenters. The summed E-state index contributed by atoms with van der Waals surface area (Å²) in [5, 5.41) is 3.47. The number of ether oxygens (including phenoxy) is 1. The van der Waals surface area contributed by atoms with E-state index in [9.17, 15) is 9.59 Å². The van der Waals surface area contributed by atoms with Crippen molar-refractivity contribution < 1.29 is 14.3 Å². The lowest BCUT2D eigenvalue weighted by Gasteiger charge is -2.10. The Labute approximate surface area is 168 Å². The van der Waals surface area contributed by atoms with Crippen molar-refractivity contribution in [2.45, 2.75) is 26.3 Å². The first kappa shape index (κ1) is 19.9. The number of nitrogens with zero attached hydrogens (tertiary/aromatic N) is 2. The highest BCUT2D eigenvalue weighted by Crippen LogP contribution is 2.17. The van der Waals surface area contributed by atoms with Gasteiger partial charge in [0.25, 0.3) is 0 Å². The summed E-state index contributed by atoms with van der Waals surface area (Å²) in [6.07, 6.45) is 0.723. The topological polar surface area (TPSA) is 73.2 Å². The van der Waals surface area contributed by atoms with Gasteiger partial charge in [0, 0.05) is 18.0 Å². The molecule has 6 nitrogen and oxygen atoms in total. The molecule has 0 unspecified atom stereocenters. The van der Waals surface area contributed by atoms with Crippen molar-refractivity contribution in [1.82, 2.24) is 14.9 Å². The van der Waals surface area contributed by atoms with Gasteiger partial charge in [-0.3, -0.25) is 9.59 Å². The molecule has 0 aliphatic carbocycles. The third-order valence-electron chi connectivity index (χ3n) is 4.31. The van der Waals surface area contributed by atoms with Gasteiger partial charge in [0.15, 0.2) is 0 Å². The molecule has 28 heavy (non-hydrogen) atoms. The summed E-state index contributed by atoms with van der Waals surface area (Å²) in [5.74, 6) is 0.308. The zero-order chi connectivity index (χ0) is 19.9. The van der Waals surface area contributed by atoms with E-state index in [-0.39, 0.29) is 24.8 Å². The van der Waals surface area contributed by atoms with E-state index in [4.69, 9.17) is 16.3 Å². The van der Waals surface area contributed by atoms with E-state index in [1.165, 1.54) is 0 Å². The minimum atomic E-state index is -0.311. The van der Waals surface area contributed by atoms with Gasteiger partial charge >= 0.3 is 5.97 Å². The van der Waals surface area contributed by atoms with Gasteiger partial charge in [-0.15, -0.1) is 0 Å².